The van der Waals surface area contributed by atoms with E-state index in [2.05, 4.69) is 38.0 Å². The van der Waals surface area contributed by atoms with E-state index in [4.69, 9.17) is 4.74 Å². The predicted molar refractivity (Wildman–Crippen MR) is 68.8 cm³/mol. The summed E-state index contributed by atoms with van der Waals surface area (Å²) in [5, 5.41) is 3.64. The van der Waals surface area contributed by atoms with Crippen LogP contribution in [0.15, 0.2) is 0 Å². The molecule has 16 heavy (non-hydrogen) atoms. The van der Waals surface area contributed by atoms with Gasteiger partial charge in [-0.1, -0.05) is 13.8 Å². The molecular formula is C13H28N2O. The largest absolute Gasteiger partial charge is 0.380 e. The molecule has 0 aromatic rings. The van der Waals surface area contributed by atoms with E-state index in [0.29, 0.717) is 18.1 Å². The van der Waals surface area contributed by atoms with Crippen LogP contribution in [0.3, 0.4) is 0 Å². The van der Waals surface area contributed by atoms with Crippen LogP contribution in [0.1, 0.15) is 40.0 Å². The van der Waals surface area contributed by atoms with Crippen LogP contribution in [0.25, 0.3) is 0 Å². The molecule has 1 fully saturated rings. The van der Waals surface area contributed by atoms with Crippen molar-refractivity contribution in [1.82, 2.24) is 10.2 Å². The molecule has 3 unspecified atom stereocenters. The minimum atomic E-state index is 0.586. The van der Waals surface area contributed by atoms with Crippen molar-refractivity contribution in [2.24, 2.45) is 0 Å². The molecule has 1 rings (SSSR count). The third-order valence-electron chi connectivity index (χ3n) is 3.80. The average molecular weight is 228 g/mol. The minimum Gasteiger partial charge on any atom is -0.380 e. The normalized spacial score (nSPS) is 24.9. The van der Waals surface area contributed by atoms with Crippen molar-refractivity contribution in [3.8, 4) is 0 Å². The third kappa shape index (κ3) is 3.72. The molecule has 3 heteroatoms. The van der Waals surface area contributed by atoms with Gasteiger partial charge in [-0.2, -0.15) is 0 Å². The highest BCUT2D eigenvalue weighted by Crippen LogP contribution is 2.16. The predicted octanol–water partition coefficient (Wildman–Crippen LogP) is 1.87. The van der Waals surface area contributed by atoms with Crippen molar-refractivity contribution in [1.29, 1.82) is 0 Å². The Bertz CT molecular complexity index is 181. The van der Waals surface area contributed by atoms with Gasteiger partial charge in [0, 0.05) is 24.7 Å². The molecule has 1 saturated heterocycles. The Balaban J connectivity index is 2.41. The second kappa shape index (κ2) is 7.25. The van der Waals surface area contributed by atoms with Crippen LogP contribution in [-0.2, 0) is 4.74 Å². The summed E-state index contributed by atoms with van der Waals surface area (Å²) in [7, 11) is 2.24. The number of nitrogens with one attached hydrogen (secondary N) is 1. The highest BCUT2D eigenvalue weighted by molar-refractivity contribution is 4.84. The maximum atomic E-state index is 5.46. The lowest BCUT2D eigenvalue weighted by molar-refractivity contribution is 0.119. The smallest absolute Gasteiger partial charge is 0.0622 e. The molecule has 1 N–H and O–H groups in total. The van der Waals surface area contributed by atoms with Gasteiger partial charge < -0.3 is 10.1 Å². The van der Waals surface area contributed by atoms with Gasteiger partial charge in [-0.15, -0.1) is 0 Å². The monoisotopic (exact) mass is 228 g/mol. The van der Waals surface area contributed by atoms with Crippen molar-refractivity contribution < 1.29 is 4.74 Å². The maximum absolute atomic E-state index is 5.46. The summed E-state index contributed by atoms with van der Waals surface area (Å²) in [4.78, 5) is 2.49. The van der Waals surface area contributed by atoms with E-state index in [9.17, 15) is 0 Å². The number of rotatable bonds is 7. The van der Waals surface area contributed by atoms with Crippen molar-refractivity contribution in [2.75, 3.05) is 26.8 Å². The van der Waals surface area contributed by atoms with E-state index >= 15 is 0 Å². The van der Waals surface area contributed by atoms with Gasteiger partial charge in [-0.05, 0) is 39.8 Å². The topological polar surface area (TPSA) is 24.5 Å². The van der Waals surface area contributed by atoms with E-state index < -0.39 is 0 Å². The molecule has 1 aliphatic rings. The number of ether oxygens (including phenoxy) is 1. The van der Waals surface area contributed by atoms with Crippen molar-refractivity contribution >= 4 is 0 Å². The molecule has 1 aliphatic heterocycles. The summed E-state index contributed by atoms with van der Waals surface area (Å²) < 4.78 is 5.46. The fraction of sp³-hybridized carbons (Fsp3) is 1.00. The van der Waals surface area contributed by atoms with Crippen LogP contribution in [0.4, 0.5) is 0 Å². The first-order valence-electron chi connectivity index (χ1n) is 6.73. The molecule has 0 aromatic carbocycles. The lowest BCUT2D eigenvalue weighted by Gasteiger charge is -2.35. The first-order chi connectivity index (χ1) is 7.70. The molecule has 0 radical (unpaired) electrons. The summed E-state index contributed by atoms with van der Waals surface area (Å²) in [5.74, 6) is 0. The van der Waals surface area contributed by atoms with Crippen molar-refractivity contribution in [2.45, 2.75) is 58.2 Å². The van der Waals surface area contributed by atoms with Gasteiger partial charge in [-0.3, -0.25) is 4.90 Å². The average Bonchev–Trinajstić information content (AvgIpc) is 2.82. The first-order valence-corrected chi connectivity index (χ1v) is 6.73. The highest BCUT2D eigenvalue weighted by atomic mass is 16.5. The zero-order valence-electron chi connectivity index (χ0n) is 11.3. The minimum absolute atomic E-state index is 0.586. The van der Waals surface area contributed by atoms with Crippen LogP contribution in [0.2, 0.25) is 0 Å². The number of hydrogen-bond acceptors (Lipinski definition) is 3. The summed E-state index contributed by atoms with van der Waals surface area (Å²) in [6, 6.07) is 1.81. The standard InChI is InChI=1S/C13H28N2O/c1-5-8-14-13(6-2)11(3)15(4)12-7-9-16-10-12/h11-14H,5-10H2,1-4H3. The lowest BCUT2D eigenvalue weighted by atomic mass is 10.0. The Morgan fingerprint density at radius 3 is 2.69 bits per heavy atom. The van der Waals surface area contributed by atoms with Crippen LogP contribution in [0, 0.1) is 0 Å². The molecule has 96 valence electrons. The zero-order valence-corrected chi connectivity index (χ0v) is 11.3. The molecule has 0 spiro atoms. The number of hydrogen-bond donors (Lipinski definition) is 1. The quantitative estimate of drug-likeness (QED) is 0.720. The van der Waals surface area contributed by atoms with Crippen LogP contribution in [0.5, 0.6) is 0 Å². The van der Waals surface area contributed by atoms with E-state index in [-0.39, 0.29) is 0 Å². The fourth-order valence-electron chi connectivity index (χ4n) is 2.45. The van der Waals surface area contributed by atoms with Crippen molar-refractivity contribution in [3.05, 3.63) is 0 Å². The summed E-state index contributed by atoms with van der Waals surface area (Å²) >= 11 is 0. The first kappa shape index (κ1) is 13.9. The fourth-order valence-corrected chi connectivity index (χ4v) is 2.45. The van der Waals surface area contributed by atoms with Crippen LogP contribution < -0.4 is 5.32 Å². The molecular weight excluding hydrogens is 200 g/mol. The maximum Gasteiger partial charge on any atom is 0.0622 e. The number of nitrogens with zero attached hydrogens (tertiary/aromatic N) is 1. The van der Waals surface area contributed by atoms with E-state index in [1.165, 1.54) is 19.3 Å². The summed E-state index contributed by atoms with van der Waals surface area (Å²) in [6.07, 6.45) is 3.59. The summed E-state index contributed by atoms with van der Waals surface area (Å²) in [6.45, 7) is 9.78. The molecule has 0 saturated carbocycles. The Hall–Kier alpha value is -0.120. The van der Waals surface area contributed by atoms with Gasteiger partial charge in [0.05, 0.1) is 6.61 Å². The Morgan fingerprint density at radius 2 is 2.19 bits per heavy atom. The summed E-state index contributed by atoms with van der Waals surface area (Å²) in [5.41, 5.74) is 0. The van der Waals surface area contributed by atoms with Crippen LogP contribution >= 0.6 is 0 Å². The van der Waals surface area contributed by atoms with Gasteiger partial charge in [0.15, 0.2) is 0 Å². The van der Waals surface area contributed by atoms with Gasteiger partial charge in [0.1, 0.15) is 0 Å². The van der Waals surface area contributed by atoms with E-state index in [1.54, 1.807) is 0 Å². The highest BCUT2D eigenvalue weighted by Gasteiger charge is 2.27. The molecule has 0 bridgehead atoms. The van der Waals surface area contributed by atoms with Gasteiger partial charge in [0.25, 0.3) is 0 Å². The van der Waals surface area contributed by atoms with Crippen molar-refractivity contribution in [3.63, 3.8) is 0 Å². The molecule has 3 atom stereocenters. The Morgan fingerprint density at radius 1 is 1.44 bits per heavy atom. The van der Waals surface area contributed by atoms with E-state index in [0.717, 1.165) is 19.8 Å². The Labute approximate surface area is 101 Å². The molecule has 3 nitrogen and oxygen atoms in total. The third-order valence-corrected chi connectivity index (χ3v) is 3.80. The zero-order chi connectivity index (χ0) is 12.0. The Kier molecular flexibility index (Phi) is 6.32. The lowest BCUT2D eigenvalue weighted by Crippen LogP contribution is -2.50. The molecule has 0 aromatic heterocycles. The van der Waals surface area contributed by atoms with E-state index in [1.807, 2.05) is 0 Å². The second-order valence-electron chi connectivity index (χ2n) is 4.89. The SMILES string of the molecule is CCCNC(CC)C(C)N(C)C1CCOC1. The molecule has 0 aliphatic carbocycles. The number of likely N-dealkylation sites (N-methyl/N-ethyl adjacent to an activating group) is 1. The molecule has 0 amide bonds. The molecule has 1 heterocycles. The van der Waals surface area contributed by atoms with Gasteiger partial charge in [-0.25, -0.2) is 0 Å². The second-order valence-corrected chi connectivity index (χ2v) is 4.89. The van der Waals surface area contributed by atoms with Crippen LogP contribution in [-0.4, -0.2) is 49.8 Å². The van der Waals surface area contributed by atoms with Gasteiger partial charge in [0.2, 0.25) is 0 Å². The van der Waals surface area contributed by atoms with Gasteiger partial charge >= 0.3 is 0 Å².